The van der Waals surface area contributed by atoms with Crippen LogP contribution in [0.4, 0.5) is 0 Å². The molecule has 0 saturated heterocycles. The van der Waals surface area contributed by atoms with Crippen LogP contribution in [0.3, 0.4) is 0 Å². The number of aryl methyl sites for hydroxylation is 1. The predicted molar refractivity (Wildman–Crippen MR) is 64.7 cm³/mol. The topological polar surface area (TPSA) is 25.8 Å². The van der Waals surface area contributed by atoms with Crippen LogP contribution in [0.1, 0.15) is 12.6 Å². The van der Waals surface area contributed by atoms with Gasteiger partial charge >= 0.3 is 0 Å². The van der Waals surface area contributed by atoms with Crippen LogP contribution in [0, 0.1) is 0 Å². The van der Waals surface area contributed by atoms with Gasteiger partial charge in [0, 0.05) is 5.69 Å². The first-order valence-corrected chi connectivity index (χ1v) is 6.05. The quantitative estimate of drug-likeness (QED) is 0.759. The van der Waals surface area contributed by atoms with E-state index in [1.165, 1.54) is 11.3 Å². The van der Waals surface area contributed by atoms with Crippen LogP contribution in [-0.4, -0.2) is 9.97 Å². The minimum atomic E-state index is 0.473. The van der Waals surface area contributed by atoms with Crippen molar-refractivity contribution < 1.29 is 0 Å². The van der Waals surface area contributed by atoms with Gasteiger partial charge in [-0.15, -0.1) is 11.3 Å². The Balaban J connectivity index is 2.48. The molecule has 0 N–H and O–H groups in total. The van der Waals surface area contributed by atoms with Gasteiger partial charge in [-0.25, -0.2) is 9.97 Å². The predicted octanol–water partition coefficient (Wildman–Crippen LogP) is 4.07. The second kappa shape index (κ2) is 4.47. The van der Waals surface area contributed by atoms with Gasteiger partial charge in [0.2, 0.25) is 0 Å². The van der Waals surface area contributed by atoms with E-state index in [1.54, 1.807) is 6.07 Å². The van der Waals surface area contributed by atoms with Crippen LogP contribution in [0.2, 0.25) is 9.49 Å². The van der Waals surface area contributed by atoms with Gasteiger partial charge in [0.15, 0.2) is 5.82 Å². The lowest BCUT2D eigenvalue weighted by Crippen LogP contribution is -1.93. The van der Waals surface area contributed by atoms with Gasteiger partial charge in [0.1, 0.15) is 5.15 Å². The molecule has 0 spiro atoms. The monoisotopic (exact) mass is 258 g/mol. The zero-order valence-electron chi connectivity index (χ0n) is 8.00. The molecular formula is C10H8Cl2N2S. The van der Waals surface area contributed by atoms with Crippen LogP contribution < -0.4 is 0 Å². The van der Waals surface area contributed by atoms with Crippen molar-refractivity contribution in [1.82, 2.24) is 9.97 Å². The molecule has 2 nitrogen and oxygen atoms in total. The summed E-state index contributed by atoms with van der Waals surface area (Å²) >= 11 is 13.2. The molecule has 2 heterocycles. The maximum Gasteiger partial charge on any atom is 0.171 e. The SMILES string of the molecule is CCc1cc(Cl)nc(-c2ccc(Cl)s2)n1. The van der Waals surface area contributed by atoms with E-state index in [1.807, 2.05) is 19.1 Å². The van der Waals surface area contributed by atoms with Crippen molar-refractivity contribution in [2.24, 2.45) is 0 Å². The number of halogens is 2. The van der Waals surface area contributed by atoms with Gasteiger partial charge in [0.05, 0.1) is 9.21 Å². The zero-order chi connectivity index (χ0) is 10.8. The molecule has 0 saturated carbocycles. The van der Waals surface area contributed by atoms with Crippen LogP contribution in [0.5, 0.6) is 0 Å². The highest BCUT2D eigenvalue weighted by atomic mass is 35.5. The van der Waals surface area contributed by atoms with E-state index in [4.69, 9.17) is 23.2 Å². The number of nitrogens with zero attached hydrogens (tertiary/aromatic N) is 2. The van der Waals surface area contributed by atoms with E-state index in [2.05, 4.69) is 9.97 Å². The average Bonchev–Trinajstić information content (AvgIpc) is 2.64. The Morgan fingerprint density at radius 2 is 2.07 bits per heavy atom. The molecule has 5 heteroatoms. The van der Waals surface area contributed by atoms with E-state index in [-0.39, 0.29) is 0 Å². The Morgan fingerprint density at radius 1 is 1.27 bits per heavy atom. The average molecular weight is 259 g/mol. The minimum absolute atomic E-state index is 0.473. The van der Waals surface area contributed by atoms with Crippen LogP contribution in [0.15, 0.2) is 18.2 Å². The third-order valence-corrected chi connectivity index (χ3v) is 3.32. The van der Waals surface area contributed by atoms with E-state index < -0.39 is 0 Å². The summed E-state index contributed by atoms with van der Waals surface area (Å²) in [4.78, 5) is 9.51. The Kier molecular flexibility index (Phi) is 3.24. The van der Waals surface area contributed by atoms with Gasteiger partial charge in [0.25, 0.3) is 0 Å². The Morgan fingerprint density at radius 3 is 2.67 bits per heavy atom. The molecule has 78 valence electrons. The lowest BCUT2D eigenvalue weighted by Gasteiger charge is -2.00. The van der Waals surface area contributed by atoms with Gasteiger partial charge in [-0.3, -0.25) is 0 Å². The van der Waals surface area contributed by atoms with Crippen molar-refractivity contribution in [2.75, 3.05) is 0 Å². The van der Waals surface area contributed by atoms with E-state index in [0.29, 0.717) is 11.0 Å². The lowest BCUT2D eigenvalue weighted by atomic mass is 10.3. The minimum Gasteiger partial charge on any atom is -0.232 e. The summed E-state index contributed by atoms with van der Waals surface area (Å²) in [6.07, 6.45) is 0.842. The fourth-order valence-corrected chi connectivity index (χ4v) is 2.37. The van der Waals surface area contributed by atoms with Crippen molar-refractivity contribution in [2.45, 2.75) is 13.3 Å². The highest BCUT2D eigenvalue weighted by molar-refractivity contribution is 7.19. The highest BCUT2D eigenvalue weighted by Crippen LogP contribution is 2.29. The van der Waals surface area contributed by atoms with E-state index in [9.17, 15) is 0 Å². The van der Waals surface area contributed by atoms with Crippen molar-refractivity contribution in [1.29, 1.82) is 0 Å². The fourth-order valence-electron chi connectivity index (χ4n) is 1.19. The molecule has 0 atom stereocenters. The molecule has 0 fully saturated rings. The molecule has 2 aromatic heterocycles. The van der Waals surface area contributed by atoms with Crippen molar-refractivity contribution >= 4 is 34.5 Å². The second-order valence-corrected chi connectivity index (χ2v) is 5.07. The van der Waals surface area contributed by atoms with Gasteiger partial charge < -0.3 is 0 Å². The van der Waals surface area contributed by atoms with Crippen LogP contribution >= 0.6 is 34.5 Å². The Hall–Kier alpha value is -0.640. The molecule has 0 aromatic carbocycles. The summed E-state index contributed by atoms with van der Waals surface area (Å²) in [5, 5.41) is 0.473. The summed E-state index contributed by atoms with van der Waals surface area (Å²) in [5.41, 5.74) is 0.939. The second-order valence-electron chi connectivity index (χ2n) is 2.96. The molecule has 2 rings (SSSR count). The summed E-state index contributed by atoms with van der Waals surface area (Å²) in [7, 11) is 0. The molecule has 0 radical (unpaired) electrons. The smallest absolute Gasteiger partial charge is 0.171 e. The standard InChI is InChI=1S/C10H8Cl2N2S/c1-2-6-5-8(11)14-10(13-6)7-3-4-9(12)15-7/h3-5H,2H2,1H3. The summed E-state index contributed by atoms with van der Waals surface area (Å²) in [5.74, 6) is 0.649. The largest absolute Gasteiger partial charge is 0.232 e. The third kappa shape index (κ3) is 2.48. The van der Waals surface area contributed by atoms with E-state index in [0.717, 1.165) is 21.3 Å². The molecular weight excluding hydrogens is 251 g/mol. The van der Waals surface area contributed by atoms with Crippen LogP contribution in [-0.2, 0) is 6.42 Å². The maximum atomic E-state index is 5.91. The first-order chi connectivity index (χ1) is 7.19. The number of rotatable bonds is 2. The number of aromatic nitrogens is 2. The number of hydrogen-bond donors (Lipinski definition) is 0. The normalized spacial score (nSPS) is 10.6. The van der Waals surface area contributed by atoms with Gasteiger partial charge in [-0.1, -0.05) is 30.1 Å². The summed E-state index contributed by atoms with van der Waals surface area (Å²) in [6.45, 7) is 2.03. The fraction of sp³-hybridized carbons (Fsp3) is 0.200. The Labute approximate surface area is 102 Å². The van der Waals surface area contributed by atoms with Gasteiger partial charge in [-0.2, -0.15) is 0 Å². The molecule has 0 aliphatic heterocycles. The third-order valence-electron chi connectivity index (χ3n) is 1.90. The zero-order valence-corrected chi connectivity index (χ0v) is 10.3. The molecule has 2 aromatic rings. The molecule has 0 bridgehead atoms. The number of hydrogen-bond acceptors (Lipinski definition) is 3. The van der Waals surface area contributed by atoms with Crippen LogP contribution in [0.25, 0.3) is 10.7 Å². The first-order valence-electron chi connectivity index (χ1n) is 4.48. The maximum absolute atomic E-state index is 5.91. The highest BCUT2D eigenvalue weighted by Gasteiger charge is 2.07. The molecule has 15 heavy (non-hydrogen) atoms. The summed E-state index contributed by atoms with van der Waals surface area (Å²) in [6, 6.07) is 5.51. The Bertz CT molecular complexity index is 482. The number of thiophene rings is 1. The lowest BCUT2D eigenvalue weighted by molar-refractivity contribution is 1.01. The summed E-state index contributed by atoms with van der Waals surface area (Å²) < 4.78 is 0.728. The van der Waals surface area contributed by atoms with Crippen molar-refractivity contribution in [3.8, 4) is 10.7 Å². The molecule has 0 aliphatic carbocycles. The van der Waals surface area contributed by atoms with Crippen molar-refractivity contribution in [3.63, 3.8) is 0 Å². The first kappa shape index (κ1) is 10.9. The van der Waals surface area contributed by atoms with Gasteiger partial charge in [-0.05, 0) is 24.6 Å². The van der Waals surface area contributed by atoms with Crippen molar-refractivity contribution in [3.05, 3.63) is 33.4 Å². The molecule has 0 aliphatic rings. The molecule has 0 unspecified atom stereocenters. The molecule has 0 amide bonds. The van der Waals surface area contributed by atoms with E-state index >= 15 is 0 Å².